The number of aliphatic hydroxyl groups is 1. The number of rotatable bonds is 5. The van der Waals surface area contributed by atoms with Gasteiger partial charge in [0.05, 0.1) is 5.41 Å². The van der Waals surface area contributed by atoms with Crippen LogP contribution in [0.4, 0.5) is 5.69 Å². The van der Waals surface area contributed by atoms with Crippen molar-refractivity contribution in [3.8, 4) is 11.8 Å². The number of nitrogens with zero attached hydrogens (tertiary/aromatic N) is 1. The van der Waals surface area contributed by atoms with Crippen LogP contribution in [-0.4, -0.2) is 48.9 Å². The SMILES string of the molecule is CC(=O)OCC(=O)[C@@]1(C#CCO)CC[C@H]2[C@@H]3CCC4=CC(=O)CCC4=C3[C@@H](c3ccc(N4CCCCC4)cc3)C[C@@]21C. The quantitative estimate of drug-likeness (QED) is 0.362. The topological polar surface area (TPSA) is 83.9 Å². The molecule has 0 aromatic heterocycles. The van der Waals surface area contributed by atoms with Crippen molar-refractivity contribution in [1.82, 2.24) is 0 Å². The second-order valence-electron chi connectivity index (χ2n) is 13.2. The summed E-state index contributed by atoms with van der Waals surface area (Å²) in [7, 11) is 0. The molecule has 0 unspecified atom stereocenters. The molecule has 1 N–H and O–H groups in total. The molecule has 1 aromatic carbocycles. The third-order valence-electron chi connectivity index (χ3n) is 11.2. The van der Waals surface area contributed by atoms with E-state index in [0.717, 1.165) is 45.2 Å². The fourth-order valence-electron chi connectivity index (χ4n) is 9.27. The van der Waals surface area contributed by atoms with Crippen molar-refractivity contribution in [1.29, 1.82) is 0 Å². The molecule has 0 radical (unpaired) electrons. The zero-order valence-electron chi connectivity index (χ0n) is 25.0. The highest BCUT2D eigenvalue weighted by Gasteiger charge is 2.65. The van der Waals surface area contributed by atoms with E-state index in [1.165, 1.54) is 54.2 Å². The minimum Gasteiger partial charge on any atom is -0.458 e. The lowest BCUT2D eigenvalue weighted by Gasteiger charge is -2.54. The summed E-state index contributed by atoms with van der Waals surface area (Å²) in [6.07, 6.45) is 11.1. The predicted molar refractivity (Wildman–Crippen MR) is 162 cm³/mol. The zero-order chi connectivity index (χ0) is 29.5. The number of hydrogen-bond donors (Lipinski definition) is 1. The smallest absolute Gasteiger partial charge is 0.303 e. The van der Waals surface area contributed by atoms with Gasteiger partial charge < -0.3 is 14.7 Å². The van der Waals surface area contributed by atoms with Crippen molar-refractivity contribution >= 4 is 23.2 Å². The molecule has 6 nitrogen and oxygen atoms in total. The van der Waals surface area contributed by atoms with Crippen molar-refractivity contribution in [3.05, 3.63) is 52.6 Å². The minimum absolute atomic E-state index is 0.105. The molecule has 0 bridgehead atoms. The van der Waals surface area contributed by atoms with Crippen LogP contribution in [0, 0.1) is 34.5 Å². The maximum atomic E-state index is 14.0. The maximum Gasteiger partial charge on any atom is 0.303 e. The average molecular weight is 570 g/mol. The summed E-state index contributed by atoms with van der Waals surface area (Å²) >= 11 is 0. The number of ketones is 2. The molecule has 1 aromatic rings. The lowest BCUT2D eigenvalue weighted by atomic mass is 9.48. The number of benzene rings is 1. The molecule has 6 heteroatoms. The Bertz CT molecular complexity index is 1390. The van der Waals surface area contributed by atoms with Gasteiger partial charge in [-0.2, -0.15) is 0 Å². The molecule has 1 aliphatic heterocycles. The number of hydrogen-bond acceptors (Lipinski definition) is 6. The van der Waals surface area contributed by atoms with E-state index in [4.69, 9.17) is 4.74 Å². The van der Waals surface area contributed by atoms with E-state index in [0.29, 0.717) is 18.8 Å². The summed E-state index contributed by atoms with van der Waals surface area (Å²) in [5.41, 5.74) is 5.14. The third-order valence-corrected chi connectivity index (χ3v) is 11.2. The molecule has 5 atom stereocenters. The molecule has 1 saturated heterocycles. The zero-order valence-corrected chi connectivity index (χ0v) is 25.0. The van der Waals surface area contributed by atoms with E-state index in [1.54, 1.807) is 0 Å². The van der Waals surface area contributed by atoms with Crippen LogP contribution in [-0.2, 0) is 19.1 Å². The van der Waals surface area contributed by atoms with E-state index < -0.39 is 16.8 Å². The Kier molecular flexibility index (Phi) is 7.91. The van der Waals surface area contributed by atoms with Crippen molar-refractivity contribution in [2.75, 3.05) is 31.2 Å². The fraction of sp³-hybridized carbons (Fsp3) is 0.583. The Balaban J connectivity index is 1.45. The van der Waals surface area contributed by atoms with Crippen LogP contribution in [0.3, 0.4) is 0 Å². The standard InChI is InChI=1S/C36H43NO5/c1-24(39)42-23-33(41)36(16-6-20-38)17-15-32-30-13-9-26-21-28(40)12-14-29(26)34(30)31(22-35(32,36)2)25-7-10-27(11-8-25)37-18-4-3-5-19-37/h7-8,10-11,21,30-32,38H,3-5,9,12-15,17-20,22-23H2,1-2H3/t30-,31+,32-,35-,36+/m0/s1. The Hall–Kier alpha value is -3.17. The number of Topliss-reactive ketones (excluding diaryl/α,β-unsaturated/α-hetero) is 1. The minimum atomic E-state index is -0.989. The Morgan fingerprint density at radius 1 is 1.07 bits per heavy atom. The highest BCUT2D eigenvalue weighted by Crippen LogP contribution is 2.69. The van der Waals surface area contributed by atoms with Gasteiger partial charge in [-0.25, -0.2) is 0 Å². The van der Waals surface area contributed by atoms with Gasteiger partial charge in [-0.3, -0.25) is 14.4 Å². The van der Waals surface area contributed by atoms with E-state index in [9.17, 15) is 19.5 Å². The lowest BCUT2D eigenvalue weighted by molar-refractivity contribution is -0.150. The average Bonchev–Trinajstić information content (AvgIpc) is 3.31. The molecule has 222 valence electrons. The number of anilines is 1. The van der Waals surface area contributed by atoms with Gasteiger partial charge >= 0.3 is 5.97 Å². The summed E-state index contributed by atoms with van der Waals surface area (Å²) < 4.78 is 5.24. The second kappa shape index (κ2) is 11.5. The lowest BCUT2D eigenvalue weighted by Crippen LogP contribution is -2.51. The van der Waals surface area contributed by atoms with Gasteiger partial charge in [0, 0.05) is 38.0 Å². The first-order chi connectivity index (χ1) is 20.3. The Labute approximate surface area is 249 Å². The molecule has 2 saturated carbocycles. The number of fused-ring (bicyclic) bond motifs is 4. The summed E-state index contributed by atoms with van der Waals surface area (Å²) in [4.78, 5) is 40.6. The van der Waals surface area contributed by atoms with Crippen molar-refractivity contribution < 1.29 is 24.2 Å². The first-order valence-electron chi connectivity index (χ1n) is 15.9. The van der Waals surface area contributed by atoms with Crippen LogP contribution in [0.15, 0.2) is 47.1 Å². The van der Waals surface area contributed by atoms with Crippen LogP contribution in [0.1, 0.15) is 89.5 Å². The molecule has 42 heavy (non-hydrogen) atoms. The molecule has 1 heterocycles. The van der Waals surface area contributed by atoms with Crippen molar-refractivity contribution in [3.63, 3.8) is 0 Å². The van der Waals surface area contributed by atoms with Crippen LogP contribution in [0.25, 0.3) is 0 Å². The largest absolute Gasteiger partial charge is 0.458 e. The Morgan fingerprint density at radius 3 is 2.55 bits per heavy atom. The predicted octanol–water partition coefficient (Wildman–Crippen LogP) is 5.69. The Morgan fingerprint density at radius 2 is 1.83 bits per heavy atom. The molecule has 3 fully saturated rings. The summed E-state index contributed by atoms with van der Waals surface area (Å²) in [6.45, 7) is 5.14. The molecular formula is C36H43NO5. The van der Waals surface area contributed by atoms with Gasteiger partial charge in [0.25, 0.3) is 0 Å². The van der Waals surface area contributed by atoms with E-state index in [1.807, 2.05) is 6.08 Å². The van der Waals surface area contributed by atoms with Crippen LogP contribution in [0.5, 0.6) is 0 Å². The molecule has 5 aliphatic rings. The number of esters is 1. The number of carbonyl (C=O) groups excluding carboxylic acids is 3. The van der Waals surface area contributed by atoms with Gasteiger partial charge in [-0.15, -0.1) is 0 Å². The molecule has 4 aliphatic carbocycles. The highest BCUT2D eigenvalue weighted by molar-refractivity contribution is 5.93. The van der Waals surface area contributed by atoms with Crippen LogP contribution in [0.2, 0.25) is 0 Å². The van der Waals surface area contributed by atoms with Gasteiger partial charge in [-0.05, 0) is 110 Å². The number of allylic oxidation sites excluding steroid dienone is 4. The van der Waals surface area contributed by atoms with Crippen LogP contribution >= 0.6 is 0 Å². The number of ether oxygens (including phenoxy) is 1. The second-order valence-corrected chi connectivity index (χ2v) is 13.2. The summed E-state index contributed by atoms with van der Waals surface area (Å²) in [6, 6.07) is 9.09. The van der Waals surface area contributed by atoms with Crippen molar-refractivity contribution in [2.45, 2.75) is 84.0 Å². The van der Waals surface area contributed by atoms with Crippen LogP contribution < -0.4 is 4.90 Å². The first-order valence-corrected chi connectivity index (χ1v) is 15.9. The van der Waals surface area contributed by atoms with E-state index in [-0.39, 0.29) is 36.6 Å². The van der Waals surface area contributed by atoms with Gasteiger partial charge in [0.2, 0.25) is 0 Å². The summed E-state index contributed by atoms with van der Waals surface area (Å²) in [5, 5.41) is 9.71. The molecular weight excluding hydrogens is 526 g/mol. The maximum absolute atomic E-state index is 14.0. The van der Waals surface area contributed by atoms with E-state index in [2.05, 4.69) is 47.9 Å². The number of carbonyl (C=O) groups is 3. The molecule has 6 rings (SSSR count). The summed E-state index contributed by atoms with van der Waals surface area (Å²) in [5.74, 6) is 6.38. The third kappa shape index (κ3) is 4.84. The fourth-order valence-corrected chi connectivity index (χ4v) is 9.27. The highest BCUT2D eigenvalue weighted by atomic mass is 16.5. The first kappa shape index (κ1) is 28.9. The van der Waals surface area contributed by atoms with Gasteiger partial charge in [-0.1, -0.05) is 36.5 Å². The number of piperidine rings is 1. The van der Waals surface area contributed by atoms with Gasteiger partial charge in [0.1, 0.15) is 6.61 Å². The molecule has 0 amide bonds. The van der Waals surface area contributed by atoms with Gasteiger partial charge in [0.15, 0.2) is 18.2 Å². The number of aliphatic hydroxyl groups excluding tert-OH is 1. The monoisotopic (exact) mass is 569 g/mol. The molecule has 0 spiro atoms. The normalized spacial score (nSPS) is 32.2. The van der Waals surface area contributed by atoms with E-state index >= 15 is 0 Å². The van der Waals surface area contributed by atoms with Crippen molar-refractivity contribution in [2.24, 2.45) is 22.7 Å².